The van der Waals surface area contributed by atoms with Gasteiger partial charge >= 0.3 is 5.97 Å². The van der Waals surface area contributed by atoms with E-state index in [4.69, 9.17) is 4.74 Å². The molecule has 2 aliphatic rings. The molecule has 170 valence electrons. The molecule has 1 saturated carbocycles. The van der Waals surface area contributed by atoms with Crippen molar-refractivity contribution < 1.29 is 19.1 Å². The van der Waals surface area contributed by atoms with E-state index in [0.29, 0.717) is 23.9 Å². The summed E-state index contributed by atoms with van der Waals surface area (Å²) in [5.41, 5.74) is 2.50. The SMILES string of the molecule is O=C1Cc2cc(CNC(=O)c3cc(C(=O)NCC4CCCCC4)n4nccc4n3)ccc2O1. The van der Waals surface area contributed by atoms with Gasteiger partial charge in [-0.25, -0.2) is 9.50 Å². The third-order valence-electron chi connectivity index (χ3n) is 6.24. The maximum Gasteiger partial charge on any atom is 0.315 e. The van der Waals surface area contributed by atoms with E-state index >= 15 is 0 Å². The van der Waals surface area contributed by atoms with Crippen molar-refractivity contribution in [1.29, 1.82) is 0 Å². The lowest BCUT2D eigenvalue weighted by Gasteiger charge is -2.21. The first-order valence-corrected chi connectivity index (χ1v) is 11.3. The van der Waals surface area contributed by atoms with E-state index in [9.17, 15) is 14.4 Å². The number of hydrogen-bond donors (Lipinski definition) is 2. The number of nitrogens with zero attached hydrogens (tertiary/aromatic N) is 3. The first kappa shape index (κ1) is 21.1. The van der Waals surface area contributed by atoms with Crippen molar-refractivity contribution in [3.63, 3.8) is 0 Å². The number of benzene rings is 1. The average Bonchev–Trinajstić information content (AvgIpc) is 3.46. The van der Waals surface area contributed by atoms with Gasteiger partial charge in [-0.05, 0) is 36.5 Å². The Hall–Kier alpha value is -3.75. The molecule has 3 aromatic rings. The topological polar surface area (TPSA) is 115 Å². The monoisotopic (exact) mass is 447 g/mol. The Bertz CT molecular complexity index is 1230. The predicted molar refractivity (Wildman–Crippen MR) is 119 cm³/mol. The van der Waals surface area contributed by atoms with Crippen LogP contribution in [0.2, 0.25) is 0 Å². The molecule has 33 heavy (non-hydrogen) atoms. The van der Waals surface area contributed by atoms with Gasteiger partial charge in [0.25, 0.3) is 11.8 Å². The number of rotatable bonds is 6. The largest absolute Gasteiger partial charge is 0.426 e. The van der Waals surface area contributed by atoms with Gasteiger partial charge in [0, 0.05) is 30.8 Å². The summed E-state index contributed by atoms with van der Waals surface area (Å²) in [5, 5.41) is 10.0. The Morgan fingerprint density at radius 1 is 1.06 bits per heavy atom. The quantitative estimate of drug-likeness (QED) is 0.443. The van der Waals surface area contributed by atoms with E-state index in [2.05, 4.69) is 20.7 Å². The van der Waals surface area contributed by atoms with E-state index < -0.39 is 5.91 Å². The van der Waals surface area contributed by atoms with Crippen molar-refractivity contribution >= 4 is 23.4 Å². The molecule has 0 saturated heterocycles. The summed E-state index contributed by atoms with van der Waals surface area (Å²) >= 11 is 0. The van der Waals surface area contributed by atoms with E-state index in [0.717, 1.165) is 24.0 Å². The van der Waals surface area contributed by atoms with Gasteiger partial charge < -0.3 is 15.4 Å². The lowest BCUT2D eigenvalue weighted by atomic mass is 9.89. The van der Waals surface area contributed by atoms with Crippen LogP contribution in [0, 0.1) is 5.92 Å². The zero-order chi connectivity index (χ0) is 22.8. The average molecular weight is 447 g/mol. The molecule has 1 fully saturated rings. The maximum absolute atomic E-state index is 12.9. The summed E-state index contributed by atoms with van der Waals surface area (Å²) < 4.78 is 6.55. The predicted octanol–water partition coefficient (Wildman–Crippen LogP) is 2.43. The van der Waals surface area contributed by atoms with Crippen LogP contribution >= 0.6 is 0 Å². The Balaban J connectivity index is 1.29. The van der Waals surface area contributed by atoms with Gasteiger partial charge in [0.2, 0.25) is 0 Å². The molecule has 0 atom stereocenters. The third-order valence-corrected chi connectivity index (χ3v) is 6.24. The fourth-order valence-corrected chi connectivity index (χ4v) is 4.48. The van der Waals surface area contributed by atoms with Crippen LogP contribution in [0.3, 0.4) is 0 Å². The summed E-state index contributed by atoms with van der Waals surface area (Å²) in [7, 11) is 0. The number of esters is 1. The van der Waals surface area contributed by atoms with Crippen LogP contribution in [0.15, 0.2) is 36.5 Å². The number of nitrogens with one attached hydrogen (secondary N) is 2. The van der Waals surface area contributed by atoms with Gasteiger partial charge in [-0.15, -0.1) is 0 Å². The standard InChI is InChI=1S/C24H25N5O4/c30-22-11-17-10-16(6-7-20(17)33-22)14-25-23(31)18-12-19(29-21(28-18)8-9-27-29)24(32)26-13-15-4-2-1-3-5-15/h6-10,12,15H,1-5,11,13-14H2,(H,25,31)(H,26,32). The molecule has 9 heteroatoms. The lowest BCUT2D eigenvalue weighted by Crippen LogP contribution is -2.32. The van der Waals surface area contributed by atoms with Crippen molar-refractivity contribution in [1.82, 2.24) is 25.2 Å². The molecule has 2 amide bonds. The molecule has 0 bridgehead atoms. The molecule has 5 rings (SSSR count). The number of aromatic nitrogens is 3. The minimum Gasteiger partial charge on any atom is -0.426 e. The highest BCUT2D eigenvalue weighted by Gasteiger charge is 2.22. The van der Waals surface area contributed by atoms with E-state index in [-0.39, 0.29) is 36.2 Å². The highest BCUT2D eigenvalue weighted by Crippen LogP contribution is 2.26. The fourth-order valence-electron chi connectivity index (χ4n) is 4.48. The van der Waals surface area contributed by atoms with Crippen molar-refractivity contribution in [3.05, 3.63) is 59.0 Å². The molecule has 1 aliphatic carbocycles. The Kier molecular flexibility index (Phi) is 5.77. The van der Waals surface area contributed by atoms with Crippen molar-refractivity contribution in [2.24, 2.45) is 5.92 Å². The molecule has 0 radical (unpaired) electrons. The summed E-state index contributed by atoms with van der Waals surface area (Å²) in [6.07, 6.45) is 7.72. The summed E-state index contributed by atoms with van der Waals surface area (Å²) in [5.74, 6) is 0.112. The number of hydrogen-bond acceptors (Lipinski definition) is 6. The van der Waals surface area contributed by atoms with Crippen molar-refractivity contribution in [2.75, 3.05) is 6.54 Å². The maximum atomic E-state index is 12.9. The van der Waals surface area contributed by atoms with E-state index in [1.54, 1.807) is 24.4 Å². The van der Waals surface area contributed by atoms with Gasteiger partial charge in [0.05, 0.1) is 12.6 Å². The molecule has 2 N–H and O–H groups in total. The zero-order valence-corrected chi connectivity index (χ0v) is 18.2. The van der Waals surface area contributed by atoms with Crippen LogP contribution in [0.4, 0.5) is 0 Å². The normalized spacial score (nSPS) is 15.8. The highest BCUT2D eigenvalue weighted by molar-refractivity contribution is 5.98. The van der Waals surface area contributed by atoms with Crippen LogP contribution in [0.5, 0.6) is 5.75 Å². The Labute approximate surface area is 190 Å². The Morgan fingerprint density at radius 2 is 1.91 bits per heavy atom. The van der Waals surface area contributed by atoms with Gasteiger partial charge in [0.15, 0.2) is 5.65 Å². The van der Waals surface area contributed by atoms with Crippen molar-refractivity contribution in [3.8, 4) is 5.75 Å². The molecule has 3 heterocycles. The highest BCUT2D eigenvalue weighted by atomic mass is 16.5. The minimum absolute atomic E-state index is 0.144. The van der Waals surface area contributed by atoms with Crippen LogP contribution < -0.4 is 15.4 Å². The molecule has 1 aliphatic heterocycles. The molecule has 0 unspecified atom stereocenters. The second-order valence-corrected chi connectivity index (χ2v) is 8.62. The summed E-state index contributed by atoms with van der Waals surface area (Å²) in [6.45, 7) is 0.881. The Morgan fingerprint density at radius 3 is 2.76 bits per heavy atom. The van der Waals surface area contributed by atoms with Gasteiger partial charge in [-0.3, -0.25) is 14.4 Å². The molecule has 9 nitrogen and oxygen atoms in total. The lowest BCUT2D eigenvalue weighted by molar-refractivity contribution is -0.131. The van der Waals surface area contributed by atoms with Crippen LogP contribution in [0.1, 0.15) is 64.2 Å². The minimum atomic E-state index is -0.396. The first-order chi connectivity index (χ1) is 16.1. The number of fused-ring (bicyclic) bond motifs is 2. The van der Waals surface area contributed by atoms with Gasteiger partial charge in [-0.1, -0.05) is 25.3 Å². The molecular formula is C24H25N5O4. The summed E-state index contributed by atoms with van der Waals surface area (Å²) in [6, 6.07) is 8.51. The number of amides is 2. The fraction of sp³-hybridized carbons (Fsp3) is 0.375. The number of carbonyl (C=O) groups excluding carboxylic acids is 3. The molecular weight excluding hydrogens is 422 g/mol. The van der Waals surface area contributed by atoms with E-state index in [1.165, 1.54) is 29.8 Å². The second-order valence-electron chi connectivity index (χ2n) is 8.62. The van der Waals surface area contributed by atoms with E-state index in [1.807, 2.05) is 6.07 Å². The van der Waals surface area contributed by atoms with Crippen LogP contribution in [-0.4, -0.2) is 38.9 Å². The first-order valence-electron chi connectivity index (χ1n) is 11.3. The number of carbonyl (C=O) groups is 3. The van der Waals surface area contributed by atoms with Crippen molar-refractivity contribution in [2.45, 2.75) is 45.1 Å². The molecule has 2 aromatic heterocycles. The van der Waals surface area contributed by atoms with Gasteiger partial charge in [-0.2, -0.15) is 5.10 Å². The van der Waals surface area contributed by atoms with Crippen LogP contribution in [0.25, 0.3) is 5.65 Å². The molecule has 1 aromatic carbocycles. The number of ether oxygens (including phenoxy) is 1. The van der Waals surface area contributed by atoms with Crippen LogP contribution in [-0.2, 0) is 17.8 Å². The second kappa shape index (κ2) is 9.01. The van der Waals surface area contributed by atoms with Gasteiger partial charge in [0.1, 0.15) is 17.1 Å². The third kappa shape index (κ3) is 4.57. The molecule has 0 spiro atoms. The smallest absolute Gasteiger partial charge is 0.315 e. The zero-order valence-electron chi connectivity index (χ0n) is 18.2. The summed E-state index contributed by atoms with van der Waals surface area (Å²) in [4.78, 5) is 41.5.